The van der Waals surface area contributed by atoms with E-state index >= 15 is 0 Å². The van der Waals surface area contributed by atoms with Crippen LogP contribution in [-0.4, -0.2) is 55.9 Å². The summed E-state index contributed by atoms with van der Waals surface area (Å²) in [6, 6.07) is 11.7. The van der Waals surface area contributed by atoms with Crippen molar-refractivity contribution in [3.8, 4) is 0 Å². The molecule has 4 rings (SSSR count). The summed E-state index contributed by atoms with van der Waals surface area (Å²) in [6.07, 6.45) is 2.80. The lowest BCUT2D eigenvalue weighted by atomic mass is 9.96. The Kier molecular flexibility index (Phi) is 7.70. The zero-order valence-electron chi connectivity index (χ0n) is 19.9. The number of carbonyl (C=O) groups excluding carboxylic acids is 1. The monoisotopic (exact) mass is 488 g/mol. The minimum Gasteiger partial charge on any atom is -0.376 e. The van der Waals surface area contributed by atoms with Crippen LogP contribution in [0.3, 0.4) is 0 Å². The largest absolute Gasteiger partial charge is 0.376 e. The first-order chi connectivity index (χ1) is 16.2. The number of piperidine rings is 1. The van der Waals surface area contributed by atoms with Gasteiger partial charge in [-0.25, -0.2) is 12.8 Å². The first-order valence-electron chi connectivity index (χ1n) is 12.0. The fourth-order valence-electron chi connectivity index (χ4n) is 4.95. The number of carbonyl (C=O) groups is 1. The number of benzene rings is 2. The number of ether oxygens (including phenoxy) is 1. The van der Waals surface area contributed by atoms with E-state index < -0.39 is 10.0 Å². The van der Waals surface area contributed by atoms with E-state index in [2.05, 4.69) is 0 Å². The summed E-state index contributed by atoms with van der Waals surface area (Å²) in [4.78, 5) is 15.6. The smallest absolute Gasteiger partial charge is 0.243 e. The summed E-state index contributed by atoms with van der Waals surface area (Å²) in [6.45, 7) is 5.84. The van der Waals surface area contributed by atoms with Crippen molar-refractivity contribution in [1.82, 2.24) is 9.21 Å². The van der Waals surface area contributed by atoms with Crippen LogP contribution < -0.4 is 0 Å². The third-order valence-corrected chi connectivity index (χ3v) is 8.83. The van der Waals surface area contributed by atoms with Crippen molar-refractivity contribution < 1.29 is 22.3 Å². The molecule has 0 N–H and O–H groups in total. The maximum atomic E-state index is 13.7. The van der Waals surface area contributed by atoms with Gasteiger partial charge in [-0.1, -0.05) is 29.8 Å². The molecule has 184 valence electrons. The van der Waals surface area contributed by atoms with E-state index in [1.807, 2.05) is 32.0 Å². The first-order valence-corrected chi connectivity index (χ1v) is 13.4. The van der Waals surface area contributed by atoms with E-state index in [9.17, 15) is 17.6 Å². The van der Waals surface area contributed by atoms with Gasteiger partial charge in [-0.15, -0.1) is 0 Å². The van der Waals surface area contributed by atoms with Gasteiger partial charge >= 0.3 is 0 Å². The number of nitrogens with zero attached hydrogens (tertiary/aromatic N) is 2. The van der Waals surface area contributed by atoms with Crippen molar-refractivity contribution in [2.24, 2.45) is 5.92 Å². The van der Waals surface area contributed by atoms with Gasteiger partial charge in [0.05, 0.1) is 11.0 Å². The summed E-state index contributed by atoms with van der Waals surface area (Å²) in [5.74, 6) is -0.601. The molecule has 0 bridgehead atoms. The molecular formula is C26H33FN2O4S. The lowest BCUT2D eigenvalue weighted by Crippen LogP contribution is -2.46. The first kappa shape index (κ1) is 24.8. The maximum Gasteiger partial charge on any atom is 0.243 e. The Bertz CT molecular complexity index is 1120. The van der Waals surface area contributed by atoms with Crippen LogP contribution in [0.2, 0.25) is 0 Å². The lowest BCUT2D eigenvalue weighted by molar-refractivity contribution is -0.139. The molecule has 0 radical (unpaired) electrons. The third kappa shape index (κ3) is 5.67. The molecule has 2 heterocycles. The predicted molar refractivity (Wildman–Crippen MR) is 128 cm³/mol. The number of sulfonamides is 1. The van der Waals surface area contributed by atoms with Crippen LogP contribution in [-0.2, 0) is 26.1 Å². The Labute approximate surface area is 201 Å². The highest BCUT2D eigenvalue weighted by molar-refractivity contribution is 7.89. The normalized spacial score (nSPS) is 19.9. The Morgan fingerprint density at radius 1 is 1.12 bits per heavy atom. The van der Waals surface area contributed by atoms with Crippen LogP contribution >= 0.6 is 0 Å². The van der Waals surface area contributed by atoms with Gasteiger partial charge in [-0.05, 0) is 68.9 Å². The van der Waals surface area contributed by atoms with E-state index in [-0.39, 0.29) is 23.7 Å². The Balaban J connectivity index is 1.44. The topological polar surface area (TPSA) is 66.9 Å². The molecule has 2 aliphatic rings. The van der Waals surface area contributed by atoms with Crippen LogP contribution in [0.5, 0.6) is 0 Å². The second-order valence-electron chi connectivity index (χ2n) is 9.43. The van der Waals surface area contributed by atoms with Crippen LogP contribution in [0.4, 0.5) is 4.39 Å². The molecule has 0 spiro atoms. The van der Waals surface area contributed by atoms with Gasteiger partial charge in [0, 0.05) is 38.7 Å². The molecule has 0 aromatic heterocycles. The number of aryl methyl sites for hydroxylation is 2. The zero-order valence-corrected chi connectivity index (χ0v) is 20.7. The Morgan fingerprint density at radius 3 is 2.53 bits per heavy atom. The maximum absolute atomic E-state index is 13.7. The summed E-state index contributed by atoms with van der Waals surface area (Å²) < 4.78 is 47.4. The minimum absolute atomic E-state index is 0.0108. The van der Waals surface area contributed by atoms with Gasteiger partial charge in [-0.3, -0.25) is 4.79 Å². The molecule has 2 aliphatic heterocycles. The molecule has 1 unspecified atom stereocenters. The Hall–Kier alpha value is -2.29. The van der Waals surface area contributed by atoms with E-state index in [0.717, 1.165) is 29.5 Å². The summed E-state index contributed by atoms with van der Waals surface area (Å²) in [5, 5.41) is 0. The number of halogens is 1. The average Bonchev–Trinajstić information content (AvgIpc) is 3.31. The van der Waals surface area contributed by atoms with E-state index in [0.29, 0.717) is 50.5 Å². The zero-order chi connectivity index (χ0) is 24.3. The molecular weight excluding hydrogens is 455 g/mol. The highest BCUT2D eigenvalue weighted by Crippen LogP contribution is 2.28. The summed E-state index contributed by atoms with van der Waals surface area (Å²) in [5.41, 5.74) is 2.49. The number of hydrogen-bond donors (Lipinski definition) is 0. The van der Waals surface area contributed by atoms with Crippen molar-refractivity contribution in [2.45, 2.75) is 57.1 Å². The molecule has 0 saturated carbocycles. The quantitative estimate of drug-likeness (QED) is 0.590. The highest BCUT2D eigenvalue weighted by atomic mass is 32.2. The molecule has 2 aromatic carbocycles. The second kappa shape index (κ2) is 10.5. The van der Waals surface area contributed by atoms with Crippen molar-refractivity contribution in [2.75, 3.05) is 26.2 Å². The predicted octanol–water partition coefficient (Wildman–Crippen LogP) is 4.05. The minimum atomic E-state index is -3.60. The van der Waals surface area contributed by atoms with Gasteiger partial charge in [0.2, 0.25) is 15.9 Å². The van der Waals surface area contributed by atoms with Gasteiger partial charge < -0.3 is 9.64 Å². The van der Waals surface area contributed by atoms with E-state index in [1.165, 1.54) is 16.4 Å². The fourth-order valence-corrected chi connectivity index (χ4v) is 6.63. The van der Waals surface area contributed by atoms with Crippen LogP contribution in [0, 0.1) is 25.6 Å². The van der Waals surface area contributed by atoms with Crippen LogP contribution in [0.15, 0.2) is 47.4 Å². The highest BCUT2D eigenvalue weighted by Gasteiger charge is 2.35. The average molecular weight is 489 g/mol. The van der Waals surface area contributed by atoms with Gasteiger partial charge in [0.1, 0.15) is 5.82 Å². The van der Waals surface area contributed by atoms with E-state index in [1.54, 1.807) is 17.0 Å². The van der Waals surface area contributed by atoms with Crippen molar-refractivity contribution in [3.05, 3.63) is 65.0 Å². The SMILES string of the molecule is Cc1ccc(S(=O)(=O)N2CCC(C(=O)N(Cc3cccc(F)c3)CC3CCCO3)CC2)c(C)c1. The van der Waals surface area contributed by atoms with E-state index in [4.69, 9.17) is 4.74 Å². The molecule has 0 aliphatic carbocycles. The van der Waals surface area contributed by atoms with Crippen molar-refractivity contribution in [1.29, 1.82) is 0 Å². The van der Waals surface area contributed by atoms with Gasteiger partial charge in [0.15, 0.2) is 0 Å². The molecule has 1 amide bonds. The molecule has 2 fully saturated rings. The number of rotatable bonds is 7. The van der Waals surface area contributed by atoms with Gasteiger partial charge in [0.25, 0.3) is 0 Å². The number of hydrogen-bond acceptors (Lipinski definition) is 4. The fraction of sp³-hybridized carbons (Fsp3) is 0.500. The third-order valence-electron chi connectivity index (χ3n) is 6.77. The van der Waals surface area contributed by atoms with Crippen LogP contribution in [0.1, 0.15) is 42.4 Å². The Morgan fingerprint density at radius 2 is 1.88 bits per heavy atom. The van der Waals surface area contributed by atoms with Crippen molar-refractivity contribution in [3.63, 3.8) is 0 Å². The summed E-state index contributed by atoms with van der Waals surface area (Å²) >= 11 is 0. The standard InChI is InChI=1S/C26H33FN2O4S/c1-19-8-9-25(20(2)15-19)34(31,32)29-12-10-22(11-13-29)26(30)28(18-24-7-4-14-33-24)17-21-5-3-6-23(27)16-21/h3,5-6,8-9,15-16,22,24H,4,7,10-14,17-18H2,1-2H3. The van der Waals surface area contributed by atoms with Crippen molar-refractivity contribution >= 4 is 15.9 Å². The summed E-state index contributed by atoms with van der Waals surface area (Å²) in [7, 11) is -3.60. The molecule has 6 nitrogen and oxygen atoms in total. The molecule has 34 heavy (non-hydrogen) atoms. The molecule has 8 heteroatoms. The molecule has 2 aromatic rings. The lowest BCUT2D eigenvalue weighted by Gasteiger charge is -2.34. The molecule has 2 saturated heterocycles. The van der Waals surface area contributed by atoms with Gasteiger partial charge in [-0.2, -0.15) is 4.31 Å². The number of amides is 1. The van der Waals surface area contributed by atoms with Crippen LogP contribution in [0.25, 0.3) is 0 Å². The molecule has 1 atom stereocenters. The second-order valence-corrected chi connectivity index (χ2v) is 11.3.